The predicted octanol–water partition coefficient (Wildman–Crippen LogP) is 5.48. The average Bonchev–Trinajstić information content (AvgIpc) is 3.01. The van der Waals surface area contributed by atoms with Crippen molar-refractivity contribution in [1.29, 1.82) is 0 Å². The van der Waals surface area contributed by atoms with Gasteiger partial charge in [-0.05, 0) is 70.9 Å². The Kier molecular flexibility index (Phi) is 5.42. The molecule has 1 heterocycles. The first-order valence-corrected chi connectivity index (χ1v) is 10.2. The van der Waals surface area contributed by atoms with E-state index in [0.29, 0.717) is 0 Å². The molecule has 2 N–H and O–H groups in total. The van der Waals surface area contributed by atoms with Gasteiger partial charge in [-0.15, -0.1) is 0 Å². The number of hydrogen-bond acceptors (Lipinski definition) is 3. The summed E-state index contributed by atoms with van der Waals surface area (Å²) in [7, 11) is 0. The molecule has 4 aromatic rings. The molecule has 30 heavy (non-hydrogen) atoms. The Hall–Kier alpha value is -3.38. The largest absolute Gasteiger partial charge is 0.507 e. The molecule has 0 saturated heterocycles. The minimum atomic E-state index is -0.464. The molecule has 0 aliphatic carbocycles. The fourth-order valence-electron chi connectivity index (χ4n) is 3.55. The van der Waals surface area contributed by atoms with Gasteiger partial charge in [-0.25, -0.2) is 5.43 Å². The summed E-state index contributed by atoms with van der Waals surface area (Å²) < 4.78 is 3.12. The minimum absolute atomic E-state index is 0.0755. The third-order valence-electron chi connectivity index (χ3n) is 5.04. The van der Waals surface area contributed by atoms with Gasteiger partial charge < -0.3 is 9.67 Å². The van der Waals surface area contributed by atoms with Crippen molar-refractivity contribution in [3.05, 3.63) is 93.7 Å². The number of aromatic hydroxyl groups is 1. The van der Waals surface area contributed by atoms with Gasteiger partial charge in [0.1, 0.15) is 5.75 Å². The van der Waals surface area contributed by atoms with Crippen LogP contribution in [0.2, 0.25) is 0 Å². The highest BCUT2D eigenvalue weighted by atomic mass is 79.9. The Bertz CT molecular complexity index is 1290. The second-order valence-electron chi connectivity index (χ2n) is 7.03. The van der Waals surface area contributed by atoms with Crippen LogP contribution in [0.3, 0.4) is 0 Å². The van der Waals surface area contributed by atoms with E-state index in [4.69, 9.17) is 0 Å². The number of para-hydroxylation sites is 1. The lowest BCUT2D eigenvalue weighted by molar-refractivity contribution is 0.0952. The Morgan fingerprint density at radius 2 is 1.70 bits per heavy atom. The van der Waals surface area contributed by atoms with E-state index in [-0.39, 0.29) is 11.3 Å². The number of hydrazone groups is 1. The van der Waals surface area contributed by atoms with E-state index >= 15 is 0 Å². The van der Waals surface area contributed by atoms with Crippen LogP contribution < -0.4 is 5.43 Å². The zero-order valence-corrected chi connectivity index (χ0v) is 18.1. The van der Waals surface area contributed by atoms with Gasteiger partial charge in [0.15, 0.2) is 0 Å². The molecular weight excluding hydrogens is 442 g/mol. The molecule has 150 valence electrons. The Labute approximate surface area is 182 Å². The van der Waals surface area contributed by atoms with Crippen LogP contribution in [-0.4, -0.2) is 21.8 Å². The van der Waals surface area contributed by atoms with Gasteiger partial charge in [0.25, 0.3) is 5.91 Å². The third kappa shape index (κ3) is 3.74. The molecule has 0 fully saturated rings. The maximum absolute atomic E-state index is 12.5. The third-order valence-corrected chi connectivity index (χ3v) is 5.71. The molecule has 0 aliphatic heterocycles. The highest BCUT2D eigenvalue weighted by molar-refractivity contribution is 9.10. The number of benzene rings is 3. The lowest BCUT2D eigenvalue weighted by Gasteiger charge is -2.11. The summed E-state index contributed by atoms with van der Waals surface area (Å²) in [5.74, 6) is -0.539. The number of halogens is 1. The van der Waals surface area contributed by atoms with E-state index in [1.807, 2.05) is 68.4 Å². The quantitative estimate of drug-likeness (QED) is 0.312. The highest BCUT2D eigenvalue weighted by Crippen LogP contribution is 2.26. The van der Waals surface area contributed by atoms with Crippen molar-refractivity contribution in [2.45, 2.75) is 13.8 Å². The van der Waals surface area contributed by atoms with Gasteiger partial charge in [0, 0.05) is 21.4 Å². The second-order valence-corrected chi connectivity index (χ2v) is 7.88. The number of carbonyl (C=O) groups is 1. The van der Waals surface area contributed by atoms with Crippen LogP contribution in [0.25, 0.3) is 16.5 Å². The molecule has 1 aromatic heterocycles. The number of fused-ring (bicyclic) bond motifs is 1. The van der Waals surface area contributed by atoms with Crippen molar-refractivity contribution in [2.24, 2.45) is 5.10 Å². The topological polar surface area (TPSA) is 66.6 Å². The smallest absolute Gasteiger partial charge is 0.275 e. The molecule has 4 rings (SSSR count). The summed E-state index contributed by atoms with van der Waals surface area (Å²) in [6.45, 7) is 4.03. The van der Waals surface area contributed by atoms with Crippen molar-refractivity contribution < 1.29 is 9.90 Å². The molecule has 3 aromatic carbocycles. The van der Waals surface area contributed by atoms with E-state index < -0.39 is 5.91 Å². The normalized spacial score (nSPS) is 11.3. The average molecular weight is 462 g/mol. The fourth-order valence-corrected chi connectivity index (χ4v) is 4.02. The van der Waals surface area contributed by atoms with Gasteiger partial charge in [-0.3, -0.25) is 4.79 Å². The first kappa shape index (κ1) is 19.9. The number of amides is 1. The number of nitrogens with one attached hydrogen (secondary N) is 1. The molecular formula is C24H20BrN3O2. The molecule has 5 nitrogen and oxygen atoms in total. The summed E-state index contributed by atoms with van der Waals surface area (Å²) in [4.78, 5) is 12.5. The van der Waals surface area contributed by atoms with E-state index in [1.54, 1.807) is 18.3 Å². The number of carbonyl (C=O) groups excluding carboxylic acids is 1. The Balaban J connectivity index is 1.57. The minimum Gasteiger partial charge on any atom is -0.507 e. The van der Waals surface area contributed by atoms with Gasteiger partial charge in [0.2, 0.25) is 0 Å². The van der Waals surface area contributed by atoms with Gasteiger partial charge in [0.05, 0.1) is 17.5 Å². The lowest BCUT2D eigenvalue weighted by Crippen LogP contribution is -2.17. The van der Waals surface area contributed by atoms with Crippen molar-refractivity contribution >= 4 is 38.8 Å². The van der Waals surface area contributed by atoms with Crippen LogP contribution >= 0.6 is 15.9 Å². The van der Waals surface area contributed by atoms with Crippen LogP contribution in [-0.2, 0) is 0 Å². The summed E-state index contributed by atoms with van der Waals surface area (Å²) >= 11 is 3.60. The Morgan fingerprint density at radius 1 is 1.03 bits per heavy atom. The molecule has 0 radical (unpaired) electrons. The fraction of sp³-hybridized carbons (Fsp3) is 0.0833. The number of hydrogen-bond donors (Lipinski definition) is 2. The van der Waals surface area contributed by atoms with Crippen molar-refractivity contribution in [1.82, 2.24) is 9.99 Å². The number of phenolic OH excluding ortho intramolecular Hbond substituents is 1. The summed E-state index contributed by atoms with van der Waals surface area (Å²) in [5.41, 5.74) is 6.69. The molecule has 0 aliphatic rings. The number of rotatable bonds is 4. The summed E-state index contributed by atoms with van der Waals surface area (Å²) in [5, 5.41) is 16.1. The standard InChI is InChI=1S/C24H20BrN3O2/c1-15-11-19(16(2)28(15)22-10-6-5-9-21(22)25)14-26-27-24(30)20-12-17-7-3-4-8-18(17)13-23(20)29/h3-14,29H,1-2H3,(H,27,30). The predicted molar refractivity (Wildman–Crippen MR) is 124 cm³/mol. The number of aryl methyl sites for hydroxylation is 1. The van der Waals surface area contributed by atoms with Crippen LogP contribution in [0.1, 0.15) is 27.3 Å². The zero-order valence-electron chi connectivity index (χ0n) is 16.6. The number of nitrogens with zero attached hydrogens (tertiary/aromatic N) is 2. The van der Waals surface area contributed by atoms with E-state index in [1.165, 1.54) is 0 Å². The first-order chi connectivity index (χ1) is 14.5. The van der Waals surface area contributed by atoms with E-state index in [0.717, 1.165) is 37.9 Å². The van der Waals surface area contributed by atoms with Crippen molar-refractivity contribution in [3.8, 4) is 11.4 Å². The van der Waals surface area contributed by atoms with Crippen molar-refractivity contribution in [2.75, 3.05) is 0 Å². The molecule has 0 bridgehead atoms. The lowest BCUT2D eigenvalue weighted by atomic mass is 10.1. The van der Waals surface area contributed by atoms with Gasteiger partial charge in [-0.2, -0.15) is 5.10 Å². The van der Waals surface area contributed by atoms with Crippen molar-refractivity contribution in [3.63, 3.8) is 0 Å². The molecule has 0 spiro atoms. The molecule has 0 atom stereocenters. The summed E-state index contributed by atoms with van der Waals surface area (Å²) in [6, 6.07) is 20.8. The summed E-state index contributed by atoms with van der Waals surface area (Å²) in [6.07, 6.45) is 1.62. The molecule has 1 amide bonds. The number of aromatic nitrogens is 1. The van der Waals surface area contributed by atoms with Crippen LogP contribution in [0.15, 0.2) is 76.3 Å². The monoisotopic (exact) mass is 461 g/mol. The SMILES string of the molecule is Cc1cc(C=NNC(=O)c2cc3ccccc3cc2O)c(C)n1-c1ccccc1Br. The highest BCUT2D eigenvalue weighted by Gasteiger charge is 2.13. The maximum Gasteiger partial charge on any atom is 0.275 e. The molecule has 0 unspecified atom stereocenters. The van der Waals surface area contributed by atoms with Crippen LogP contribution in [0, 0.1) is 13.8 Å². The van der Waals surface area contributed by atoms with Crippen LogP contribution in [0.4, 0.5) is 0 Å². The molecule has 6 heteroatoms. The Morgan fingerprint density at radius 3 is 2.43 bits per heavy atom. The molecule has 0 saturated carbocycles. The zero-order chi connectivity index (χ0) is 21.3. The second kappa shape index (κ2) is 8.16. The van der Waals surface area contributed by atoms with Crippen LogP contribution in [0.5, 0.6) is 5.75 Å². The van der Waals surface area contributed by atoms with E-state index in [9.17, 15) is 9.90 Å². The first-order valence-electron chi connectivity index (χ1n) is 9.44. The number of phenols is 1. The van der Waals surface area contributed by atoms with Gasteiger partial charge >= 0.3 is 0 Å². The van der Waals surface area contributed by atoms with E-state index in [2.05, 4.69) is 31.0 Å². The maximum atomic E-state index is 12.5. The van der Waals surface area contributed by atoms with Gasteiger partial charge in [-0.1, -0.05) is 36.4 Å².